The molecule has 1 aromatic heterocycles. The maximum absolute atomic E-state index is 10.9. The lowest BCUT2D eigenvalue weighted by Gasteiger charge is -2.02. The van der Waals surface area contributed by atoms with Crippen LogP contribution in [0.2, 0.25) is 0 Å². The fourth-order valence-corrected chi connectivity index (χ4v) is 2.16. The highest BCUT2D eigenvalue weighted by Gasteiger charge is 2.17. The van der Waals surface area contributed by atoms with E-state index < -0.39 is 10.9 Å². The zero-order valence-corrected chi connectivity index (χ0v) is 9.88. The largest absolute Gasteiger partial charge is 0.478 e. The van der Waals surface area contributed by atoms with E-state index in [0.29, 0.717) is 12.0 Å². The van der Waals surface area contributed by atoms with Crippen molar-refractivity contribution in [2.24, 2.45) is 0 Å². The van der Waals surface area contributed by atoms with E-state index in [1.54, 1.807) is 11.6 Å². The SMILES string of the molecule is O=C(O)c1ccc(Cc2nccs2)c([N+](=O)[O-])c1. The molecule has 0 atom stereocenters. The van der Waals surface area contributed by atoms with Crippen LogP contribution >= 0.6 is 11.3 Å². The van der Waals surface area contributed by atoms with Gasteiger partial charge in [-0.25, -0.2) is 9.78 Å². The van der Waals surface area contributed by atoms with Crippen LogP contribution in [-0.4, -0.2) is 21.0 Å². The molecular formula is C11H8N2O4S. The van der Waals surface area contributed by atoms with Crippen molar-refractivity contribution >= 4 is 23.0 Å². The molecular weight excluding hydrogens is 256 g/mol. The van der Waals surface area contributed by atoms with Crippen LogP contribution < -0.4 is 0 Å². The molecule has 7 heteroatoms. The number of rotatable bonds is 4. The molecule has 18 heavy (non-hydrogen) atoms. The van der Waals surface area contributed by atoms with Gasteiger partial charge in [0.05, 0.1) is 15.5 Å². The Morgan fingerprint density at radius 1 is 1.50 bits per heavy atom. The number of nitro groups is 1. The van der Waals surface area contributed by atoms with Crippen LogP contribution in [0.1, 0.15) is 20.9 Å². The minimum atomic E-state index is -1.18. The minimum absolute atomic E-state index is 0.0930. The number of thiazole rings is 1. The average Bonchev–Trinajstić information content (AvgIpc) is 2.81. The quantitative estimate of drug-likeness (QED) is 0.675. The number of aromatic carboxylic acids is 1. The number of nitrogens with zero attached hydrogens (tertiary/aromatic N) is 2. The predicted molar refractivity (Wildman–Crippen MR) is 65.0 cm³/mol. The summed E-state index contributed by atoms with van der Waals surface area (Å²) in [7, 11) is 0. The van der Waals surface area contributed by atoms with Gasteiger partial charge in [0, 0.05) is 29.6 Å². The number of hydrogen-bond donors (Lipinski definition) is 1. The Bertz CT molecular complexity index is 595. The van der Waals surface area contributed by atoms with Crippen LogP contribution in [0.25, 0.3) is 0 Å². The second kappa shape index (κ2) is 4.92. The van der Waals surface area contributed by atoms with E-state index >= 15 is 0 Å². The van der Waals surface area contributed by atoms with Crippen LogP contribution in [0.15, 0.2) is 29.8 Å². The van der Waals surface area contributed by atoms with Gasteiger partial charge >= 0.3 is 5.97 Å². The molecule has 0 spiro atoms. The first-order chi connectivity index (χ1) is 8.58. The van der Waals surface area contributed by atoms with Gasteiger partial charge in [-0.2, -0.15) is 0 Å². The molecule has 0 aliphatic rings. The Kier molecular flexibility index (Phi) is 3.33. The normalized spacial score (nSPS) is 10.2. The molecule has 0 bridgehead atoms. The third kappa shape index (κ3) is 2.51. The highest BCUT2D eigenvalue weighted by atomic mass is 32.1. The van der Waals surface area contributed by atoms with Crippen molar-refractivity contribution in [3.8, 4) is 0 Å². The molecule has 92 valence electrons. The van der Waals surface area contributed by atoms with Gasteiger partial charge in [-0.15, -0.1) is 11.3 Å². The van der Waals surface area contributed by atoms with Crippen molar-refractivity contribution in [1.82, 2.24) is 4.98 Å². The minimum Gasteiger partial charge on any atom is -0.478 e. The van der Waals surface area contributed by atoms with Crippen LogP contribution in [0.5, 0.6) is 0 Å². The highest BCUT2D eigenvalue weighted by Crippen LogP contribution is 2.24. The maximum Gasteiger partial charge on any atom is 0.335 e. The molecule has 0 fully saturated rings. The standard InChI is InChI=1S/C11H8N2O4S/c14-11(15)8-2-1-7(9(5-8)13(16)17)6-10-12-3-4-18-10/h1-5H,6H2,(H,14,15). The first-order valence-electron chi connectivity index (χ1n) is 4.97. The van der Waals surface area contributed by atoms with Gasteiger partial charge in [0.2, 0.25) is 0 Å². The summed E-state index contributed by atoms with van der Waals surface area (Å²) in [6, 6.07) is 3.90. The zero-order valence-electron chi connectivity index (χ0n) is 9.07. The van der Waals surface area contributed by atoms with Gasteiger partial charge in [0.1, 0.15) is 0 Å². The predicted octanol–water partition coefficient (Wildman–Crippen LogP) is 2.34. The second-order valence-corrected chi connectivity index (χ2v) is 4.49. The van der Waals surface area contributed by atoms with Crippen molar-refractivity contribution in [2.45, 2.75) is 6.42 Å². The van der Waals surface area contributed by atoms with E-state index in [4.69, 9.17) is 5.11 Å². The number of aromatic nitrogens is 1. The fourth-order valence-electron chi connectivity index (χ4n) is 1.52. The third-order valence-electron chi connectivity index (χ3n) is 2.35. The summed E-state index contributed by atoms with van der Waals surface area (Å²) >= 11 is 1.40. The Balaban J connectivity index is 2.40. The zero-order chi connectivity index (χ0) is 13.1. The van der Waals surface area contributed by atoms with Gasteiger partial charge in [0.15, 0.2) is 0 Å². The van der Waals surface area contributed by atoms with E-state index in [-0.39, 0.29) is 11.3 Å². The Morgan fingerprint density at radius 3 is 2.83 bits per heavy atom. The number of carbonyl (C=O) groups is 1. The lowest BCUT2D eigenvalue weighted by molar-refractivity contribution is -0.385. The first kappa shape index (κ1) is 12.2. The number of hydrogen-bond acceptors (Lipinski definition) is 5. The first-order valence-corrected chi connectivity index (χ1v) is 5.85. The maximum atomic E-state index is 10.9. The number of carboxylic acids is 1. The Hall–Kier alpha value is -2.28. The fraction of sp³-hybridized carbons (Fsp3) is 0.0909. The van der Waals surface area contributed by atoms with E-state index in [1.807, 2.05) is 0 Å². The van der Waals surface area contributed by atoms with Crippen LogP contribution in [0.3, 0.4) is 0 Å². The molecule has 2 aromatic rings. The highest BCUT2D eigenvalue weighted by molar-refractivity contribution is 7.09. The van der Waals surface area contributed by atoms with Crippen molar-refractivity contribution in [2.75, 3.05) is 0 Å². The molecule has 0 aliphatic carbocycles. The third-order valence-corrected chi connectivity index (χ3v) is 3.13. The molecule has 0 radical (unpaired) electrons. The topological polar surface area (TPSA) is 93.3 Å². The molecule has 0 saturated carbocycles. The van der Waals surface area contributed by atoms with Crippen LogP contribution in [0, 0.1) is 10.1 Å². The summed E-state index contributed by atoms with van der Waals surface area (Å²) in [5.74, 6) is -1.18. The van der Waals surface area contributed by atoms with E-state index in [9.17, 15) is 14.9 Å². The summed E-state index contributed by atoms with van der Waals surface area (Å²) in [6.45, 7) is 0. The summed E-state index contributed by atoms with van der Waals surface area (Å²) in [5, 5.41) is 22.3. The summed E-state index contributed by atoms with van der Waals surface area (Å²) in [6.07, 6.45) is 1.95. The lowest BCUT2D eigenvalue weighted by Crippen LogP contribution is -2.01. The summed E-state index contributed by atoms with van der Waals surface area (Å²) in [4.78, 5) is 25.2. The van der Waals surface area contributed by atoms with Crippen molar-refractivity contribution in [3.05, 3.63) is 56.0 Å². The van der Waals surface area contributed by atoms with Gasteiger partial charge in [-0.1, -0.05) is 6.07 Å². The van der Waals surface area contributed by atoms with Crippen LogP contribution in [0.4, 0.5) is 5.69 Å². The van der Waals surface area contributed by atoms with Crippen molar-refractivity contribution in [3.63, 3.8) is 0 Å². The Labute approximate surface area is 106 Å². The molecule has 1 aromatic carbocycles. The number of nitro benzene ring substituents is 1. The summed E-state index contributed by atoms with van der Waals surface area (Å²) in [5.41, 5.74) is 0.176. The lowest BCUT2D eigenvalue weighted by atomic mass is 10.1. The Morgan fingerprint density at radius 2 is 2.28 bits per heavy atom. The molecule has 0 saturated heterocycles. The average molecular weight is 264 g/mol. The van der Waals surface area contributed by atoms with Gasteiger partial charge in [-0.05, 0) is 6.07 Å². The second-order valence-electron chi connectivity index (χ2n) is 3.51. The monoisotopic (exact) mass is 264 g/mol. The summed E-state index contributed by atoms with van der Waals surface area (Å²) < 4.78 is 0. The van der Waals surface area contributed by atoms with E-state index in [2.05, 4.69) is 4.98 Å². The van der Waals surface area contributed by atoms with E-state index in [1.165, 1.54) is 23.5 Å². The van der Waals surface area contributed by atoms with Crippen molar-refractivity contribution < 1.29 is 14.8 Å². The molecule has 1 N–H and O–H groups in total. The van der Waals surface area contributed by atoms with Gasteiger partial charge in [-0.3, -0.25) is 10.1 Å². The van der Waals surface area contributed by atoms with Gasteiger partial charge in [0.25, 0.3) is 5.69 Å². The molecule has 2 rings (SSSR count). The molecule has 1 heterocycles. The molecule has 0 aliphatic heterocycles. The van der Waals surface area contributed by atoms with Crippen molar-refractivity contribution in [1.29, 1.82) is 0 Å². The smallest absolute Gasteiger partial charge is 0.335 e. The molecule has 0 amide bonds. The number of carboxylic acid groups (broad SMARTS) is 1. The van der Waals surface area contributed by atoms with E-state index in [0.717, 1.165) is 11.1 Å². The van der Waals surface area contributed by atoms with Gasteiger partial charge < -0.3 is 5.11 Å². The number of benzene rings is 1. The molecule has 6 nitrogen and oxygen atoms in total. The molecule has 0 unspecified atom stereocenters. The van der Waals surface area contributed by atoms with Crippen LogP contribution in [-0.2, 0) is 6.42 Å².